The first-order valence-electron chi connectivity index (χ1n) is 6.85. The van der Waals surface area contributed by atoms with E-state index in [9.17, 15) is 9.59 Å². The molecule has 1 atom stereocenters. The zero-order chi connectivity index (χ0) is 13.5. The number of carbonyl (C=O) groups excluding carboxylic acids is 2. The molecule has 104 valence electrons. The SMILES string of the molecule is CCCC(C)C(=O)N(CC(N)=O)C1CCNCC1. The Kier molecular flexibility index (Phi) is 6.12. The van der Waals surface area contributed by atoms with E-state index in [2.05, 4.69) is 12.2 Å². The monoisotopic (exact) mass is 255 g/mol. The molecule has 18 heavy (non-hydrogen) atoms. The minimum atomic E-state index is -0.425. The van der Waals surface area contributed by atoms with Gasteiger partial charge in [-0.25, -0.2) is 0 Å². The Labute approximate surface area is 109 Å². The normalized spacial score (nSPS) is 18.3. The number of amides is 2. The summed E-state index contributed by atoms with van der Waals surface area (Å²) in [7, 11) is 0. The molecule has 5 heteroatoms. The van der Waals surface area contributed by atoms with Crippen molar-refractivity contribution < 1.29 is 9.59 Å². The zero-order valence-corrected chi connectivity index (χ0v) is 11.4. The minimum absolute atomic E-state index is 0.0239. The van der Waals surface area contributed by atoms with Crippen LogP contribution in [0.15, 0.2) is 0 Å². The highest BCUT2D eigenvalue weighted by atomic mass is 16.2. The number of hydrogen-bond donors (Lipinski definition) is 2. The van der Waals surface area contributed by atoms with Crippen molar-refractivity contribution >= 4 is 11.8 Å². The Hall–Kier alpha value is -1.10. The van der Waals surface area contributed by atoms with Crippen molar-refractivity contribution in [3.8, 4) is 0 Å². The summed E-state index contributed by atoms with van der Waals surface area (Å²) in [5.41, 5.74) is 5.26. The van der Waals surface area contributed by atoms with Crippen molar-refractivity contribution in [2.75, 3.05) is 19.6 Å². The maximum absolute atomic E-state index is 12.4. The van der Waals surface area contributed by atoms with Gasteiger partial charge in [-0.1, -0.05) is 20.3 Å². The molecular formula is C13H25N3O2. The van der Waals surface area contributed by atoms with Gasteiger partial charge < -0.3 is 16.0 Å². The second-order valence-electron chi connectivity index (χ2n) is 5.10. The molecule has 1 saturated heterocycles. The van der Waals surface area contributed by atoms with E-state index >= 15 is 0 Å². The predicted molar refractivity (Wildman–Crippen MR) is 70.9 cm³/mol. The van der Waals surface area contributed by atoms with Gasteiger partial charge in [0.05, 0.1) is 6.54 Å². The van der Waals surface area contributed by atoms with Crippen molar-refractivity contribution in [2.24, 2.45) is 11.7 Å². The fourth-order valence-electron chi connectivity index (χ4n) is 2.51. The maximum atomic E-state index is 12.4. The summed E-state index contributed by atoms with van der Waals surface area (Å²) in [6.07, 6.45) is 3.64. The number of nitrogens with two attached hydrogens (primary N) is 1. The summed E-state index contributed by atoms with van der Waals surface area (Å²) in [6.45, 7) is 5.84. The zero-order valence-electron chi connectivity index (χ0n) is 11.4. The number of carbonyl (C=O) groups is 2. The molecular weight excluding hydrogens is 230 g/mol. The van der Waals surface area contributed by atoms with Crippen LogP contribution in [0, 0.1) is 5.92 Å². The maximum Gasteiger partial charge on any atom is 0.237 e. The standard InChI is InChI=1S/C13H25N3O2/c1-3-4-10(2)13(18)16(9-12(14)17)11-5-7-15-8-6-11/h10-11,15H,3-9H2,1-2H3,(H2,14,17). The van der Waals surface area contributed by atoms with Crippen LogP contribution in [0.4, 0.5) is 0 Å². The molecule has 3 N–H and O–H groups in total. The van der Waals surface area contributed by atoms with Gasteiger partial charge in [-0.2, -0.15) is 0 Å². The summed E-state index contributed by atoms with van der Waals surface area (Å²) >= 11 is 0. The van der Waals surface area contributed by atoms with Gasteiger partial charge in [0.1, 0.15) is 0 Å². The van der Waals surface area contributed by atoms with Crippen molar-refractivity contribution in [3.63, 3.8) is 0 Å². The third-order valence-corrected chi connectivity index (χ3v) is 3.50. The van der Waals surface area contributed by atoms with Crippen molar-refractivity contribution in [1.29, 1.82) is 0 Å². The lowest BCUT2D eigenvalue weighted by Gasteiger charge is -2.35. The number of rotatable bonds is 6. The summed E-state index contributed by atoms with van der Waals surface area (Å²) in [5, 5.41) is 3.26. The molecule has 2 amide bonds. The second-order valence-corrected chi connectivity index (χ2v) is 5.10. The highest BCUT2D eigenvalue weighted by Crippen LogP contribution is 2.17. The Morgan fingerprint density at radius 1 is 1.39 bits per heavy atom. The molecule has 0 aromatic rings. The van der Waals surface area contributed by atoms with E-state index in [-0.39, 0.29) is 24.4 Å². The predicted octanol–water partition coefficient (Wildman–Crippen LogP) is 0.489. The topological polar surface area (TPSA) is 75.4 Å². The molecule has 1 aliphatic heterocycles. The molecule has 1 rings (SSSR count). The van der Waals surface area contributed by atoms with Crippen LogP contribution in [0.3, 0.4) is 0 Å². The Balaban J connectivity index is 2.69. The quantitative estimate of drug-likeness (QED) is 0.725. The summed E-state index contributed by atoms with van der Waals surface area (Å²) in [4.78, 5) is 25.2. The summed E-state index contributed by atoms with van der Waals surface area (Å²) < 4.78 is 0. The van der Waals surface area contributed by atoms with Crippen LogP contribution >= 0.6 is 0 Å². The molecule has 0 aliphatic carbocycles. The second kappa shape index (κ2) is 7.36. The van der Waals surface area contributed by atoms with Crippen molar-refractivity contribution in [1.82, 2.24) is 10.2 Å². The Morgan fingerprint density at radius 2 is 2.00 bits per heavy atom. The Morgan fingerprint density at radius 3 is 2.50 bits per heavy atom. The number of nitrogens with zero attached hydrogens (tertiary/aromatic N) is 1. The van der Waals surface area contributed by atoms with E-state index in [4.69, 9.17) is 5.73 Å². The van der Waals surface area contributed by atoms with Gasteiger partial charge in [-0.15, -0.1) is 0 Å². The Bertz CT molecular complexity index is 288. The van der Waals surface area contributed by atoms with E-state index in [0.29, 0.717) is 0 Å². The highest BCUT2D eigenvalue weighted by Gasteiger charge is 2.29. The van der Waals surface area contributed by atoms with Gasteiger partial charge in [0.25, 0.3) is 0 Å². The molecule has 0 radical (unpaired) electrons. The van der Waals surface area contributed by atoms with Gasteiger partial charge in [0, 0.05) is 12.0 Å². The third-order valence-electron chi connectivity index (χ3n) is 3.50. The van der Waals surface area contributed by atoms with Crippen LogP contribution in [0.5, 0.6) is 0 Å². The van der Waals surface area contributed by atoms with E-state index in [1.54, 1.807) is 4.90 Å². The third kappa shape index (κ3) is 4.29. The van der Waals surface area contributed by atoms with Gasteiger partial charge in [0.2, 0.25) is 11.8 Å². The first-order chi connectivity index (χ1) is 8.56. The molecule has 1 heterocycles. The molecule has 5 nitrogen and oxygen atoms in total. The lowest BCUT2D eigenvalue weighted by atomic mass is 9.99. The van der Waals surface area contributed by atoms with E-state index in [0.717, 1.165) is 38.8 Å². The number of nitrogens with one attached hydrogen (secondary N) is 1. The number of primary amides is 1. The molecule has 0 aromatic heterocycles. The van der Waals surface area contributed by atoms with Crippen LogP contribution in [0.2, 0.25) is 0 Å². The van der Waals surface area contributed by atoms with Gasteiger partial charge in [-0.05, 0) is 32.4 Å². The molecule has 1 unspecified atom stereocenters. The van der Waals surface area contributed by atoms with Gasteiger partial charge >= 0.3 is 0 Å². The molecule has 0 aromatic carbocycles. The fourth-order valence-corrected chi connectivity index (χ4v) is 2.51. The van der Waals surface area contributed by atoms with Crippen molar-refractivity contribution in [3.05, 3.63) is 0 Å². The smallest absolute Gasteiger partial charge is 0.237 e. The summed E-state index contributed by atoms with van der Waals surface area (Å²) in [6, 6.07) is 0.158. The van der Waals surface area contributed by atoms with Crippen LogP contribution in [0.1, 0.15) is 39.5 Å². The molecule has 0 bridgehead atoms. The van der Waals surface area contributed by atoms with E-state index in [1.165, 1.54) is 0 Å². The molecule has 0 saturated carbocycles. The lowest BCUT2D eigenvalue weighted by molar-refractivity contribution is -0.141. The van der Waals surface area contributed by atoms with Crippen LogP contribution < -0.4 is 11.1 Å². The number of piperidine rings is 1. The summed E-state index contributed by atoms with van der Waals surface area (Å²) in [5.74, 6) is -0.377. The fraction of sp³-hybridized carbons (Fsp3) is 0.846. The number of hydrogen-bond acceptors (Lipinski definition) is 3. The van der Waals surface area contributed by atoms with Crippen molar-refractivity contribution in [2.45, 2.75) is 45.6 Å². The van der Waals surface area contributed by atoms with Gasteiger partial charge in [-0.3, -0.25) is 9.59 Å². The average Bonchev–Trinajstić information content (AvgIpc) is 2.36. The molecule has 1 aliphatic rings. The first-order valence-corrected chi connectivity index (χ1v) is 6.85. The van der Waals surface area contributed by atoms with Gasteiger partial charge in [0.15, 0.2) is 0 Å². The molecule has 0 spiro atoms. The van der Waals surface area contributed by atoms with Crippen LogP contribution in [-0.4, -0.2) is 42.4 Å². The van der Waals surface area contributed by atoms with Crippen LogP contribution in [0.25, 0.3) is 0 Å². The van der Waals surface area contributed by atoms with E-state index in [1.807, 2.05) is 6.92 Å². The highest BCUT2D eigenvalue weighted by molar-refractivity contribution is 5.85. The minimum Gasteiger partial charge on any atom is -0.368 e. The van der Waals surface area contributed by atoms with E-state index < -0.39 is 5.91 Å². The lowest BCUT2D eigenvalue weighted by Crippen LogP contribution is -2.50. The largest absolute Gasteiger partial charge is 0.368 e. The molecule has 1 fully saturated rings. The first kappa shape index (κ1) is 15.0. The van der Waals surface area contributed by atoms with Crippen LogP contribution in [-0.2, 0) is 9.59 Å². The average molecular weight is 255 g/mol.